The number of aliphatic imine (C=N–C) groups is 2. The lowest BCUT2D eigenvalue weighted by Crippen LogP contribution is -2.10. The Kier molecular flexibility index (Phi) is 8.46. The van der Waals surface area contributed by atoms with Crippen LogP contribution < -0.4 is 0 Å². The van der Waals surface area contributed by atoms with Gasteiger partial charge in [-0.2, -0.15) is 0 Å². The van der Waals surface area contributed by atoms with Gasteiger partial charge in [0.15, 0.2) is 0 Å². The summed E-state index contributed by atoms with van der Waals surface area (Å²) in [5.74, 6) is 2.13. The highest BCUT2D eigenvalue weighted by Gasteiger charge is 2.16. The lowest BCUT2D eigenvalue weighted by Gasteiger charge is -2.17. The lowest BCUT2D eigenvalue weighted by molar-refractivity contribution is 0.270. The summed E-state index contributed by atoms with van der Waals surface area (Å²) in [5, 5.41) is 0. The Balaban J connectivity index is 0.000000220. The van der Waals surface area contributed by atoms with Gasteiger partial charge >= 0.3 is 0 Å². The third-order valence-electron chi connectivity index (χ3n) is 4.02. The topological polar surface area (TPSA) is 43.2 Å². The predicted octanol–water partition coefficient (Wildman–Crippen LogP) is 4.66. The minimum atomic E-state index is 1.02. The SMILES string of the molecule is CN=C1CCCC(OC)=C1Br.CN=C1CCCC(OC)=C1C. The van der Waals surface area contributed by atoms with E-state index < -0.39 is 0 Å². The molecule has 0 spiro atoms. The highest BCUT2D eigenvalue weighted by molar-refractivity contribution is 9.12. The highest BCUT2D eigenvalue weighted by atomic mass is 79.9. The molecule has 2 rings (SSSR count). The Morgan fingerprint density at radius 2 is 1.32 bits per heavy atom. The van der Waals surface area contributed by atoms with E-state index >= 15 is 0 Å². The van der Waals surface area contributed by atoms with Gasteiger partial charge in [-0.3, -0.25) is 9.98 Å². The van der Waals surface area contributed by atoms with Gasteiger partial charge in [0.1, 0.15) is 11.5 Å². The van der Waals surface area contributed by atoms with Crippen LogP contribution >= 0.6 is 15.9 Å². The molecule has 0 aliphatic heterocycles. The maximum atomic E-state index is 5.23. The average Bonchev–Trinajstić information content (AvgIpc) is 2.56. The maximum Gasteiger partial charge on any atom is 0.112 e. The molecule has 0 unspecified atom stereocenters. The van der Waals surface area contributed by atoms with Crippen LogP contribution in [0.15, 0.2) is 31.6 Å². The summed E-state index contributed by atoms with van der Waals surface area (Å²) in [7, 11) is 7.10. The minimum absolute atomic E-state index is 1.02. The molecule has 2 aliphatic carbocycles. The van der Waals surface area contributed by atoms with E-state index in [-0.39, 0.29) is 0 Å². The van der Waals surface area contributed by atoms with E-state index in [1.807, 2.05) is 14.1 Å². The molecule has 0 heterocycles. The van der Waals surface area contributed by atoms with Crippen molar-refractivity contribution in [2.24, 2.45) is 9.98 Å². The number of methoxy groups -OCH3 is 2. The van der Waals surface area contributed by atoms with E-state index in [0.29, 0.717) is 0 Å². The zero-order valence-electron chi connectivity index (χ0n) is 14.3. The molecule has 2 aliphatic rings. The van der Waals surface area contributed by atoms with Crippen LogP contribution in [0.3, 0.4) is 0 Å². The Hall–Kier alpha value is -1.10. The summed E-state index contributed by atoms with van der Waals surface area (Å²) in [6.07, 6.45) is 6.58. The first-order chi connectivity index (χ1) is 10.6. The Bertz CT molecular complexity index is 459. The zero-order valence-corrected chi connectivity index (χ0v) is 15.9. The van der Waals surface area contributed by atoms with Crippen molar-refractivity contribution in [1.82, 2.24) is 0 Å². The van der Waals surface area contributed by atoms with Crippen LogP contribution in [0, 0.1) is 0 Å². The molecular formula is C17H27BrN2O2. The van der Waals surface area contributed by atoms with E-state index in [1.54, 1.807) is 14.2 Å². The number of hydrogen-bond donors (Lipinski definition) is 0. The highest BCUT2D eigenvalue weighted by Crippen LogP contribution is 2.27. The lowest BCUT2D eigenvalue weighted by atomic mass is 9.97. The van der Waals surface area contributed by atoms with Gasteiger partial charge in [0.05, 0.1) is 24.4 Å². The molecule has 0 amide bonds. The van der Waals surface area contributed by atoms with E-state index in [0.717, 1.165) is 53.8 Å². The molecule has 0 atom stereocenters. The fourth-order valence-electron chi connectivity index (χ4n) is 2.69. The standard InChI is InChI=1S/C9H15NO.C8H12BrNO/c1-7-8(10-2)5-4-6-9(7)11-3;1-10-6-4-3-5-7(11-2)8(6)9/h4-6H2,1-3H3;3-5H2,1-2H3. The smallest absolute Gasteiger partial charge is 0.112 e. The van der Waals surface area contributed by atoms with E-state index in [9.17, 15) is 0 Å². The Labute approximate surface area is 142 Å². The molecule has 0 N–H and O–H groups in total. The monoisotopic (exact) mass is 370 g/mol. The van der Waals surface area contributed by atoms with Crippen molar-refractivity contribution in [2.75, 3.05) is 28.3 Å². The number of allylic oxidation sites excluding steroid dienone is 4. The van der Waals surface area contributed by atoms with Crippen LogP contribution in [-0.4, -0.2) is 39.7 Å². The van der Waals surface area contributed by atoms with Crippen molar-refractivity contribution in [3.8, 4) is 0 Å². The van der Waals surface area contributed by atoms with Crippen molar-refractivity contribution in [1.29, 1.82) is 0 Å². The third kappa shape index (κ3) is 4.97. The molecule has 0 saturated heterocycles. The molecule has 0 saturated carbocycles. The quantitative estimate of drug-likeness (QED) is 0.709. The third-order valence-corrected chi connectivity index (χ3v) is 4.92. The van der Waals surface area contributed by atoms with Crippen molar-refractivity contribution in [3.05, 3.63) is 21.6 Å². The second kappa shape index (κ2) is 9.82. The van der Waals surface area contributed by atoms with Gasteiger partial charge in [0, 0.05) is 38.2 Å². The summed E-state index contributed by atoms with van der Waals surface area (Å²) in [5.41, 5.74) is 3.56. The van der Waals surface area contributed by atoms with Crippen molar-refractivity contribution < 1.29 is 9.47 Å². The molecule has 0 aromatic rings. The first-order valence-electron chi connectivity index (χ1n) is 7.67. The Morgan fingerprint density at radius 3 is 1.82 bits per heavy atom. The van der Waals surface area contributed by atoms with Gasteiger partial charge in [-0.15, -0.1) is 0 Å². The van der Waals surface area contributed by atoms with Crippen LogP contribution in [0.2, 0.25) is 0 Å². The number of halogens is 1. The van der Waals surface area contributed by atoms with Gasteiger partial charge in [0.25, 0.3) is 0 Å². The molecule has 4 nitrogen and oxygen atoms in total. The average molecular weight is 371 g/mol. The largest absolute Gasteiger partial charge is 0.501 e. The fourth-order valence-corrected chi connectivity index (χ4v) is 3.42. The number of nitrogens with zero attached hydrogens (tertiary/aromatic N) is 2. The van der Waals surface area contributed by atoms with Crippen molar-refractivity contribution in [3.63, 3.8) is 0 Å². The molecule has 22 heavy (non-hydrogen) atoms. The summed E-state index contributed by atoms with van der Waals surface area (Å²) >= 11 is 3.47. The van der Waals surface area contributed by atoms with Gasteiger partial charge in [-0.05, 0) is 48.5 Å². The minimum Gasteiger partial charge on any atom is -0.501 e. The summed E-state index contributed by atoms with van der Waals surface area (Å²) in [6.45, 7) is 2.08. The predicted molar refractivity (Wildman–Crippen MR) is 97.1 cm³/mol. The number of hydrogen-bond acceptors (Lipinski definition) is 4. The second-order valence-electron chi connectivity index (χ2n) is 5.24. The molecule has 0 fully saturated rings. The van der Waals surface area contributed by atoms with Crippen LogP contribution in [0.1, 0.15) is 45.4 Å². The second-order valence-corrected chi connectivity index (χ2v) is 6.03. The molecule has 0 radical (unpaired) electrons. The fraction of sp³-hybridized carbons (Fsp3) is 0.647. The summed E-state index contributed by atoms with van der Waals surface area (Å²) in [6, 6.07) is 0. The first kappa shape index (κ1) is 18.9. The molecule has 0 bridgehead atoms. The van der Waals surface area contributed by atoms with Crippen LogP contribution in [0.25, 0.3) is 0 Å². The van der Waals surface area contributed by atoms with Crippen molar-refractivity contribution in [2.45, 2.75) is 45.4 Å². The van der Waals surface area contributed by atoms with E-state index in [1.165, 1.54) is 17.7 Å². The maximum absolute atomic E-state index is 5.23. The zero-order chi connectivity index (χ0) is 16.5. The number of rotatable bonds is 2. The van der Waals surface area contributed by atoms with Crippen LogP contribution in [0.5, 0.6) is 0 Å². The molecule has 0 aromatic carbocycles. The van der Waals surface area contributed by atoms with Gasteiger partial charge in [0.2, 0.25) is 0 Å². The normalized spacial score (nSPS) is 22.6. The molecule has 5 heteroatoms. The van der Waals surface area contributed by atoms with Gasteiger partial charge in [-0.1, -0.05) is 0 Å². The van der Waals surface area contributed by atoms with Crippen LogP contribution in [-0.2, 0) is 9.47 Å². The Morgan fingerprint density at radius 1 is 0.818 bits per heavy atom. The molecular weight excluding hydrogens is 344 g/mol. The first-order valence-corrected chi connectivity index (χ1v) is 8.46. The van der Waals surface area contributed by atoms with E-state index in [2.05, 4.69) is 32.8 Å². The van der Waals surface area contributed by atoms with Crippen LogP contribution in [0.4, 0.5) is 0 Å². The van der Waals surface area contributed by atoms with Gasteiger partial charge < -0.3 is 9.47 Å². The van der Waals surface area contributed by atoms with E-state index in [4.69, 9.17) is 9.47 Å². The van der Waals surface area contributed by atoms with Crippen molar-refractivity contribution >= 4 is 27.4 Å². The molecule has 124 valence electrons. The van der Waals surface area contributed by atoms with Gasteiger partial charge in [-0.25, -0.2) is 0 Å². The summed E-state index contributed by atoms with van der Waals surface area (Å²) in [4.78, 5) is 8.36. The molecule has 0 aromatic heterocycles. The number of ether oxygens (including phenoxy) is 2. The summed E-state index contributed by atoms with van der Waals surface area (Å²) < 4.78 is 11.5.